The monoisotopic (exact) mass is 438 g/mol. The maximum absolute atomic E-state index is 13.0. The van der Waals surface area contributed by atoms with Crippen molar-refractivity contribution in [2.45, 2.75) is 30.7 Å². The highest BCUT2D eigenvalue weighted by molar-refractivity contribution is 7.89. The summed E-state index contributed by atoms with van der Waals surface area (Å²) in [4.78, 5) is 23.8. The van der Waals surface area contributed by atoms with E-state index in [1.165, 1.54) is 35.9 Å². The normalized spacial score (nSPS) is 14.8. The van der Waals surface area contributed by atoms with Crippen LogP contribution < -0.4 is 10.1 Å². The molecule has 2 heterocycles. The Labute approximate surface area is 173 Å². The van der Waals surface area contributed by atoms with Crippen LogP contribution in [0.5, 0.6) is 5.75 Å². The zero-order valence-corrected chi connectivity index (χ0v) is 17.2. The maximum Gasteiger partial charge on any atom is 0.328 e. The van der Waals surface area contributed by atoms with Crippen LogP contribution in [0.2, 0.25) is 0 Å². The zero-order valence-electron chi connectivity index (χ0n) is 16.4. The number of nitrogens with one attached hydrogen (secondary N) is 1. The highest BCUT2D eigenvalue weighted by Gasteiger charge is 2.29. The average Bonchev–Trinajstić information content (AvgIpc) is 3.26. The lowest BCUT2D eigenvalue weighted by Crippen LogP contribution is -2.35. The van der Waals surface area contributed by atoms with Gasteiger partial charge in [0.2, 0.25) is 10.0 Å². The zero-order chi connectivity index (χ0) is 21.6. The second kappa shape index (κ2) is 9.63. The SMILES string of the molecule is COc1ccc(NC(=O)COC(=O)Cn2cnnn2)cc1S(=O)(=O)N1CCCCC1. The van der Waals surface area contributed by atoms with E-state index < -0.39 is 28.5 Å². The summed E-state index contributed by atoms with van der Waals surface area (Å²) in [5.74, 6) is -1.13. The number of benzene rings is 1. The number of nitrogens with zero attached hydrogens (tertiary/aromatic N) is 5. The molecule has 1 aliphatic rings. The van der Waals surface area contributed by atoms with Crippen LogP contribution >= 0.6 is 0 Å². The van der Waals surface area contributed by atoms with Crippen LogP contribution in [0.3, 0.4) is 0 Å². The molecule has 12 nitrogen and oxygen atoms in total. The summed E-state index contributed by atoms with van der Waals surface area (Å²) < 4.78 is 38.7. The van der Waals surface area contributed by atoms with Gasteiger partial charge in [-0.3, -0.25) is 9.59 Å². The minimum absolute atomic E-state index is 0.0274. The van der Waals surface area contributed by atoms with Gasteiger partial charge in [0.25, 0.3) is 5.91 Å². The van der Waals surface area contributed by atoms with Gasteiger partial charge >= 0.3 is 5.97 Å². The smallest absolute Gasteiger partial charge is 0.328 e. The van der Waals surface area contributed by atoms with Crippen LogP contribution in [-0.4, -0.2) is 71.6 Å². The molecule has 0 radical (unpaired) electrons. The predicted octanol–water partition coefficient (Wildman–Crippen LogP) is 0.0382. The average molecular weight is 438 g/mol. The number of carbonyl (C=O) groups is 2. The molecule has 1 aromatic heterocycles. The number of hydrogen-bond acceptors (Lipinski definition) is 9. The number of piperidine rings is 1. The van der Waals surface area contributed by atoms with Gasteiger partial charge in [0, 0.05) is 18.8 Å². The van der Waals surface area contributed by atoms with E-state index in [1.807, 2.05) is 0 Å². The number of methoxy groups -OCH3 is 1. The fourth-order valence-corrected chi connectivity index (χ4v) is 4.67. The van der Waals surface area contributed by atoms with E-state index >= 15 is 0 Å². The number of anilines is 1. The highest BCUT2D eigenvalue weighted by atomic mass is 32.2. The van der Waals surface area contributed by atoms with Gasteiger partial charge in [0.05, 0.1) is 7.11 Å². The molecule has 3 rings (SSSR count). The number of aromatic nitrogens is 4. The van der Waals surface area contributed by atoms with E-state index in [0.29, 0.717) is 13.1 Å². The van der Waals surface area contributed by atoms with Crippen molar-refractivity contribution in [2.75, 3.05) is 32.1 Å². The van der Waals surface area contributed by atoms with E-state index in [9.17, 15) is 18.0 Å². The third-order valence-electron chi connectivity index (χ3n) is 4.43. The maximum atomic E-state index is 13.0. The van der Waals surface area contributed by atoms with Crippen molar-refractivity contribution in [3.05, 3.63) is 24.5 Å². The Hall–Kier alpha value is -3.06. The Bertz CT molecular complexity index is 988. The molecule has 13 heteroatoms. The Kier molecular flexibility index (Phi) is 6.95. The van der Waals surface area contributed by atoms with Crippen molar-refractivity contribution in [1.82, 2.24) is 24.5 Å². The summed E-state index contributed by atoms with van der Waals surface area (Å²) in [6.07, 6.45) is 3.83. The molecule has 1 N–H and O–H groups in total. The van der Waals surface area contributed by atoms with Gasteiger partial charge in [-0.1, -0.05) is 6.42 Å². The largest absolute Gasteiger partial charge is 0.495 e. The van der Waals surface area contributed by atoms with Crippen LogP contribution in [0.15, 0.2) is 29.4 Å². The molecule has 0 unspecified atom stereocenters. The van der Waals surface area contributed by atoms with Crippen LogP contribution in [0.25, 0.3) is 0 Å². The Balaban J connectivity index is 1.65. The van der Waals surface area contributed by atoms with Gasteiger partial charge in [0.1, 0.15) is 23.5 Å². The van der Waals surface area contributed by atoms with Gasteiger partial charge < -0.3 is 14.8 Å². The standard InChI is InChI=1S/C17H22N6O6S/c1-28-14-6-5-13(9-15(14)30(26,27)23-7-3-2-4-8-23)19-16(24)11-29-17(25)10-22-12-18-20-21-22/h5-6,9,12H,2-4,7-8,10-11H2,1H3,(H,19,24). The molecule has 1 aliphatic heterocycles. The molecule has 0 aliphatic carbocycles. The topological polar surface area (TPSA) is 146 Å². The van der Waals surface area contributed by atoms with Crippen molar-refractivity contribution in [1.29, 1.82) is 0 Å². The van der Waals surface area contributed by atoms with Crippen LogP contribution in [-0.2, 0) is 30.9 Å². The molecular formula is C17H22N6O6S. The van der Waals surface area contributed by atoms with Gasteiger partial charge in [-0.05, 0) is 41.5 Å². The first kappa shape index (κ1) is 21.6. The molecular weight excluding hydrogens is 416 g/mol. The van der Waals surface area contributed by atoms with Crippen molar-refractivity contribution in [2.24, 2.45) is 0 Å². The molecule has 1 aromatic carbocycles. The second-order valence-electron chi connectivity index (χ2n) is 6.55. The van der Waals surface area contributed by atoms with Crippen LogP contribution in [0.1, 0.15) is 19.3 Å². The van der Waals surface area contributed by atoms with Crippen molar-refractivity contribution in [3.63, 3.8) is 0 Å². The summed E-state index contributed by atoms with van der Waals surface area (Å²) >= 11 is 0. The first-order chi connectivity index (χ1) is 14.4. The summed E-state index contributed by atoms with van der Waals surface area (Å²) in [6.45, 7) is 0.112. The van der Waals surface area contributed by atoms with Crippen molar-refractivity contribution in [3.8, 4) is 5.75 Å². The number of tetrazole rings is 1. The van der Waals surface area contributed by atoms with Gasteiger partial charge in [-0.2, -0.15) is 4.31 Å². The minimum Gasteiger partial charge on any atom is -0.495 e. The lowest BCUT2D eigenvalue weighted by Gasteiger charge is -2.26. The number of ether oxygens (including phenoxy) is 2. The Morgan fingerprint density at radius 2 is 1.97 bits per heavy atom. The van der Waals surface area contributed by atoms with Crippen molar-refractivity contribution >= 4 is 27.6 Å². The molecule has 0 spiro atoms. The molecule has 0 bridgehead atoms. The molecule has 0 saturated carbocycles. The predicted molar refractivity (Wildman–Crippen MR) is 103 cm³/mol. The van der Waals surface area contributed by atoms with E-state index in [-0.39, 0.29) is 22.9 Å². The third-order valence-corrected chi connectivity index (χ3v) is 6.35. The van der Waals surface area contributed by atoms with Crippen molar-refractivity contribution < 1.29 is 27.5 Å². The quantitative estimate of drug-likeness (QED) is 0.564. The highest BCUT2D eigenvalue weighted by Crippen LogP contribution is 2.31. The summed E-state index contributed by atoms with van der Waals surface area (Å²) in [6, 6.07) is 4.31. The number of rotatable bonds is 8. The number of carbonyl (C=O) groups excluding carboxylic acids is 2. The summed E-state index contributed by atoms with van der Waals surface area (Å²) in [5, 5.41) is 12.8. The molecule has 2 aromatic rings. The summed E-state index contributed by atoms with van der Waals surface area (Å²) in [5.41, 5.74) is 0.243. The van der Waals surface area contributed by atoms with E-state index in [0.717, 1.165) is 23.9 Å². The number of sulfonamides is 1. The van der Waals surface area contributed by atoms with Gasteiger partial charge in [-0.15, -0.1) is 5.10 Å². The van der Waals surface area contributed by atoms with Gasteiger partial charge in [0.15, 0.2) is 6.61 Å². The van der Waals surface area contributed by atoms with Crippen LogP contribution in [0, 0.1) is 0 Å². The van der Waals surface area contributed by atoms with E-state index in [4.69, 9.17) is 9.47 Å². The minimum atomic E-state index is -3.77. The van der Waals surface area contributed by atoms with E-state index in [2.05, 4.69) is 20.8 Å². The molecule has 30 heavy (non-hydrogen) atoms. The number of hydrogen-bond donors (Lipinski definition) is 1. The fraction of sp³-hybridized carbons (Fsp3) is 0.471. The second-order valence-corrected chi connectivity index (χ2v) is 8.45. The first-order valence-electron chi connectivity index (χ1n) is 9.24. The number of amides is 1. The van der Waals surface area contributed by atoms with E-state index in [1.54, 1.807) is 0 Å². The Morgan fingerprint density at radius 1 is 1.20 bits per heavy atom. The molecule has 1 fully saturated rings. The van der Waals surface area contributed by atoms with Gasteiger partial charge in [-0.25, -0.2) is 13.1 Å². The number of esters is 1. The van der Waals surface area contributed by atoms with Crippen LogP contribution in [0.4, 0.5) is 5.69 Å². The Morgan fingerprint density at radius 3 is 2.63 bits per heavy atom. The lowest BCUT2D eigenvalue weighted by atomic mass is 10.2. The first-order valence-corrected chi connectivity index (χ1v) is 10.7. The fourth-order valence-electron chi connectivity index (χ4n) is 2.97. The molecule has 162 valence electrons. The molecule has 0 atom stereocenters. The molecule has 1 saturated heterocycles. The lowest BCUT2D eigenvalue weighted by molar-refractivity contribution is -0.148. The molecule has 1 amide bonds. The summed E-state index contributed by atoms with van der Waals surface area (Å²) in [7, 11) is -2.39. The third kappa shape index (κ3) is 5.30.